The van der Waals surface area contributed by atoms with Crippen molar-refractivity contribution in [2.45, 2.75) is 25.9 Å². The van der Waals surface area contributed by atoms with Crippen LogP contribution in [0.2, 0.25) is 5.02 Å². The van der Waals surface area contributed by atoms with Crippen LogP contribution in [0.3, 0.4) is 0 Å². The number of benzene rings is 1. The highest BCUT2D eigenvalue weighted by atomic mass is 35.5. The van der Waals surface area contributed by atoms with Crippen molar-refractivity contribution in [1.82, 2.24) is 15.5 Å². The van der Waals surface area contributed by atoms with Gasteiger partial charge in [0.1, 0.15) is 5.82 Å². The molecular weight excluding hydrogens is 253 g/mol. The summed E-state index contributed by atoms with van der Waals surface area (Å²) in [6.45, 7) is 4.04. The Kier molecular flexibility index (Phi) is 3.99. The van der Waals surface area contributed by atoms with Crippen LogP contribution in [0, 0.1) is 5.82 Å². The van der Waals surface area contributed by atoms with E-state index in [2.05, 4.69) is 15.5 Å². The van der Waals surface area contributed by atoms with Crippen LogP contribution < -0.4 is 5.32 Å². The fourth-order valence-electron chi connectivity index (χ4n) is 1.91. The van der Waals surface area contributed by atoms with E-state index in [0.717, 1.165) is 11.1 Å². The van der Waals surface area contributed by atoms with Crippen molar-refractivity contribution >= 4 is 11.6 Å². The van der Waals surface area contributed by atoms with Crippen molar-refractivity contribution in [3.63, 3.8) is 0 Å². The normalized spacial score (nSPS) is 14.4. The Balaban J connectivity index is 2.10. The van der Waals surface area contributed by atoms with Crippen LogP contribution in [-0.2, 0) is 0 Å². The van der Waals surface area contributed by atoms with Gasteiger partial charge in [0.25, 0.3) is 0 Å². The first-order valence-corrected chi connectivity index (χ1v) is 6.15. The van der Waals surface area contributed by atoms with Crippen molar-refractivity contribution in [3.8, 4) is 0 Å². The van der Waals surface area contributed by atoms with Crippen LogP contribution in [0.5, 0.6) is 0 Å². The molecule has 2 aromatic rings. The van der Waals surface area contributed by atoms with Crippen molar-refractivity contribution in [1.29, 1.82) is 0 Å². The minimum atomic E-state index is -0.321. The van der Waals surface area contributed by atoms with E-state index in [9.17, 15) is 4.39 Å². The zero-order valence-electron chi connectivity index (χ0n) is 10.2. The van der Waals surface area contributed by atoms with E-state index in [0.29, 0.717) is 5.02 Å². The molecule has 1 aromatic carbocycles. The lowest BCUT2D eigenvalue weighted by Gasteiger charge is -2.20. The summed E-state index contributed by atoms with van der Waals surface area (Å²) in [4.78, 5) is 0. The third-order valence-corrected chi connectivity index (χ3v) is 3.28. The molecule has 2 rings (SSSR count). The largest absolute Gasteiger partial charge is 0.303 e. The van der Waals surface area contributed by atoms with E-state index < -0.39 is 0 Å². The van der Waals surface area contributed by atoms with E-state index in [4.69, 9.17) is 11.6 Å². The first-order chi connectivity index (χ1) is 8.58. The predicted molar refractivity (Wildman–Crippen MR) is 70.0 cm³/mol. The molecule has 0 bridgehead atoms. The molecular formula is C13H15ClFN3. The van der Waals surface area contributed by atoms with Crippen LogP contribution in [0.25, 0.3) is 0 Å². The maximum absolute atomic E-state index is 13.0. The molecule has 2 unspecified atom stereocenters. The summed E-state index contributed by atoms with van der Waals surface area (Å²) in [7, 11) is 0. The smallest absolute Gasteiger partial charge is 0.124 e. The van der Waals surface area contributed by atoms with E-state index in [1.54, 1.807) is 12.3 Å². The number of halogens is 2. The molecule has 0 saturated heterocycles. The number of nitrogens with zero attached hydrogens (tertiary/aromatic N) is 1. The lowest BCUT2D eigenvalue weighted by Crippen LogP contribution is -2.22. The van der Waals surface area contributed by atoms with Crippen LogP contribution in [0.1, 0.15) is 37.1 Å². The Morgan fingerprint density at radius 3 is 2.72 bits per heavy atom. The summed E-state index contributed by atoms with van der Waals surface area (Å²) in [6.07, 6.45) is 3.62. The Bertz CT molecular complexity index is 513. The third kappa shape index (κ3) is 2.89. The minimum absolute atomic E-state index is 0.0306. The monoisotopic (exact) mass is 267 g/mol. The van der Waals surface area contributed by atoms with E-state index in [1.807, 2.05) is 20.0 Å². The molecule has 96 valence electrons. The second kappa shape index (κ2) is 5.50. The van der Waals surface area contributed by atoms with E-state index in [-0.39, 0.29) is 17.9 Å². The molecule has 1 aromatic heterocycles. The number of rotatable bonds is 4. The predicted octanol–water partition coefficient (Wildman–Crippen LogP) is 3.61. The van der Waals surface area contributed by atoms with Gasteiger partial charge >= 0.3 is 0 Å². The summed E-state index contributed by atoms with van der Waals surface area (Å²) >= 11 is 6.03. The zero-order chi connectivity index (χ0) is 13.1. The molecule has 0 aliphatic heterocycles. The fourth-order valence-corrected chi connectivity index (χ4v) is 2.24. The van der Waals surface area contributed by atoms with Crippen molar-refractivity contribution < 1.29 is 4.39 Å². The summed E-state index contributed by atoms with van der Waals surface area (Å²) in [5.74, 6) is -0.321. The quantitative estimate of drug-likeness (QED) is 0.888. The molecule has 2 atom stereocenters. The molecule has 2 N–H and O–H groups in total. The topological polar surface area (TPSA) is 40.7 Å². The van der Waals surface area contributed by atoms with Crippen molar-refractivity contribution in [2.24, 2.45) is 0 Å². The maximum Gasteiger partial charge on any atom is 0.124 e. The molecule has 0 amide bonds. The second-order valence-corrected chi connectivity index (χ2v) is 4.71. The van der Waals surface area contributed by atoms with Crippen LogP contribution >= 0.6 is 11.6 Å². The van der Waals surface area contributed by atoms with Gasteiger partial charge in [-0.25, -0.2) is 4.39 Å². The summed E-state index contributed by atoms with van der Waals surface area (Å²) in [6, 6.07) is 4.62. The summed E-state index contributed by atoms with van der Waals surface area (Å²) < 4.78 is 13.0. The van der Waals surface area contributed by atoms with Gasteiger partial charge in [-0.1, -0.05) is 17.7 Å². The molecule has 0 aliphatic rings. The summed E-state index contributed by atoms with van der Waals surface area (Å²) in [5.41, 5.74) is 1.95. The highest BCUT2D eigenvalue weighted by Crippen LogP contribution is 2.25. The molecule has 5 heteroatoms. The Morgan fingerprint density at radius 1 is 1.33 bits per heavy atom. The first-order valence-electron chi connectivity index (χ1n) is 5.77. The Labute approximate surface area is 110 Å². The van der Waals surface area contributed by atoms with Gasteiger partial charge in [0.2, 0.25) is 0 Å². The lowest BCUT2D eigenvalue weighted by atomic mass is 10.1. The zero-order valence-corrected chi connectivity index (χ0v) is 11.0. The SMILES string of the molecule is CC(NC(C)c1ccc(F)cc1Cl)c1cn[nH]c1. The van der Waals surface area contributed by atoms with Crippen molar-refractivity contribution in [2.75, 3.05) is 0 Å². The van der Waals surface area contributed by atoms with Gasteiger partial charge in [-0.15, -0.1) is 0 Å². The average molecular weight is 268 g/mol. The van der Waals surface area contributed by atoms with E-state index in [1.165, 1.54) is 12.1 Å². The highest BCUT2D eigenvalue weighted by molar-refractivity contribution is 6.31. The Hall–Kier alpha value is -1.39. The molecule has 0 saturated carbocycles. The number of aromatic amines is 1. The standard InChI is InChI=1S/C13H15ClFN3/c1-8(10-6-16-17-7-10)18-9(2)12-4-3-11(15)5-13(12)14/h3-9,18H,1-2H3,(H,16,17). The van der Waals surface area contributed by atoms with Crippen molar-refractivity contribution in [3.05, 3.63) is 52.6 Å². The van der Waals surface area contributed by atoms with Gasteiger partial charge in [0.05, 0.1) is 6.20 Å². The second-order valence-electron chi connectivity index (χ2n) is 4.31. The molecule has 0 radical (unpaired) electrons. The Morgan fingerprint density at radius 2 is 2.11 bits per heavy atom. The molecule has 1 heterocycles. The van der Waals surface area contributed by atoms with Crippen LogP contribution in [0.15, 0.2) is 30.6 Å². The van der Waals surface area contributed by atoms with Gasteiger partial charge < -0.3 is 5.32 Å². The van der Waals surface area contributed by atoms with Crippen LogP contribution in [-0.4, -0.2) is 10.2 Å². The molecule has 0 fully saturated rings. The lowest BCUT2D eigenvalue weighted by molar-refractivity contribution is 0.494. The van der Waals surface area contributed by atoms with Gasteiger partial charge in [0.15, 0.2) is 0 Å². The molecule has 3 nitrogen and oxygen atoms in total. The highest BCUT2D eigenvalue weighted by Gasteiger charge is 2.14. The van der Waals surface area contributed by atoms with E-state index >= 15 is 0 Å². The molecule has 0 spiro atoms. The fraction of sp³-hybridized carbons (Fsp3) is 0.308. The number of H-pyrrole nitrogens is 1. The van der Waals surface area contributed by atoms with Crippen LogP contribution in [0.4, 0.5) is 4.39 Å². The number of nitrogens with one attached hydrogen (secondary N) is 2. The van der Waals surface area contributed by atoms with Gasteiger partial charge in [-0.2, -0.15) is 5.10 Å². The maximum atomic E-state index is 13.0. The first kappa shape index (κ1) is 13.1. The third-order valence-electron chi connectivity index (χ3n) is 2.95. The average Bonchev–Trinajstić information content (AvgIpc) is 2.81. The van der Waals surface area contributed by atoms with Gasteiger partial charge in [-0.3, -0.25) is 5.10 Å². The molecule has 18 heavy (non-hydrogen) atoms. The van der Waals surface area contributed by atoms with Gasteiger partial charge in [0, 0.05) is 28.9 Å². The van der Waals surface area contributed by atoms with Gasteiger partial charge in [-0.05, 0) is 31.5 Å². The minimum Gasteiger partial charge on any atom is -0.303 e. The number of aromatic nitrogens is 2. The molecule has 0 aliphatic carbocycles. The number of hydrogen-bond donors (Lipinski definition) is 2. The number of hydrogen-bond acceptors (Lipinski definition) is 2. The summed E-state index contributed by atoms with van der Waals surface area (Å²) in [5, 5.41) is 10.5.